The van der Waals surface area contributed by atoms with E-state index in [1.54, 1.807) is 0 Å². The second-order valence-corrected chi connectivity index (χ2v) is 5.40. The van der Waals surface area contributed by atoms with Gasteiger partial charge in [0, 0.05) is 23.9 Å². The van der Waals surface area contributed by atoms with Crippen molar-refractivity contribution in [3.05, 3.63) is 29.8 Å². The fourth-order valence-corrected chi connectivity index (χ4v) is 2.70. The fourth-order valence-electron chi connectivity index (χ4n) is 2.05. The summed E-state index contributed by atoms with van der Waals surface area (Å²) in [5.41, 5.74) is 0.239. The molecule has 0 aromatic carbocycles. The molecular weight excluding hydrogens is 278 g/mol. The molecule has 98 valence electrons. The van der Waals surface area contributed by atoms with Crippen molar-refractivity contribution in [1.29, 1.82) is 0 Å². The fraction of sp³-hybridized carbons (Fsp3) is 0.500. The highest BCUT2D eigenvalue weighted by Crippen LogP contribution is 2.27. The van der Waals surface area contributed by atoms with E-state index in [4.69, 9.17) is 23.2 Å². The first-order valence-electron chi connectivity index (χ1n) is 5.78. The monoisotopic (exact) mass is 290 g/mol. The molecule has 1 amide bonds. The minimum absolute atomic E-state index is 0.139. The predicted octanol–water partition coefficient (Wildman–Crippen LogP) is 2.72. The van der Waals surface area contributed by atoms with E-state index in [2.05, 4.69) is 10.3 Å². The summed E-state index contributed by atoms with van der Waals surface area (Å²) in [6.07, 6.45) is 3.82. The number of hydrogen-bond acceptors (Lipinski definition) is 2. The van der Waals surface area contributed by atoms with Gasteiger partial charge in [-0.3, -0.25) is 4.79 Å². The van der Waals surface area contributed by atoms with Crippen molar-refractivity contribution in [2.24, 2.45) is 0 Å². The second kappa shape index (κ2) is 5.85. The maximum atomic E-state index is 12.9. The number of carbonyl (C=O) groups excluding carboxylic acids is 1. The summed E-state index contributed by atoms with van der Waals surface area (Å²) >= 11 is 12.2. The van der Waals surface area contributed by atoms with Gasteiger partial charge < -0.3 is 5.32 Å². The van der Waals surface area contributed by atoms with Crippen LogP contribution in [0.25, 0.3) is 0 Å². The van der Waals surface area contributed by atoms with Crippen molar-refractivity contribution in [2.75, 3.05) is 0 Å². The summed E-state index contributed by atoms with van der Waals surface area (Å²) in [5, 5.41) is 2.36. The zero-order valence-corrected chi connectivity index (χ0v) is 11.1. The maximum absolute atomic E-state index is 12.9. The number of aromatic nitrogens is 1. The molecule has 1 saturated carbocycles. The molecule has 0 unspecified atom stereocenters. The third-order valence-corrected chi connectivity index (χ3v) is 4.26. The van der Waals surface area contributed by atoms with E-state index >= 15 is 0 Å². The van der Waals surface area contributed by atoms with Gasteiger partial charge >= 0.3 is 0 Å². The molecule has 0 aliphatic heterocycles. The molecule has 1 aromatic heterocycles. The minimum Gasteiger partial charge on any atom is -0.348 e. The van der Waals surface area contributed by atoms with Gasteiger partial charge in [0.15, 0.2) is 0 Å². The van der Waals surface area contributed by atoms with E-state index in [0.29, 0.717) is 0 Å². The number of halogens is 3. The summed E-state index contributed by atoms with van der Waals surface area (Å²) in [6.45, 7) is 0. The average Bonchev–Trinajstić information content (AvgIpc) is 2.35. The Balaban J connectivity index is 2.03. The SMILES string of the molecule is O=C(N[C@@H]1CCC[C@@H](Cl)[C@@H]1Cl)c1ccnc(F)c1. The molecular formula is C12H13Cl2FN2O. The summed E-state index contributed by atoms with van der Waals surface area (Å²) in [5.74, 6) is -1.03. The Morgan fingerprint density at radius 1 is 1.44 bits per heavy atom. The first-order chi connectivity index (χ1) is 8.58. The average molecular weight is 291 g/mol. The number of rotatable bonds is 2. The maximum Gasteiger partial charge on any atom is 0.251 e. The van der Waals surface area contributed by atoms with Crippen LogP contribution < -0.4 is 5.32 Å². The van der Waals surface area contributed by atoms with Crippen molar-refractivity contribution < 1.29 is 9.18 Å². The van der Waals surface area contributed by atoms with Crippen LogP contribution in [-0.4, -0.2) is 27.7 Å². The highest BCUT2D eigenvalue weighted by Gasteiger charge is 2.31. The van der Waals surface area contributed by atoms with Gasteiger partial charge in [-0.15, -0.1) is 23.2 Å². The summed E-state index contributed by atoms with van der Waals surface area (Å²) < 4.78 is 12.9. The molecule has 18 heavy (non-hydrogen) atoms. The largest absolute Gasteiger partial charge is 0.348 e. The second-order valence-electron chi connectivity index (χ2n) is 4.34. The number of hydrogen-bond donors (Lipinski definition) is 1. The first kappa shape index (κ1) is 13.6. The van der Waals surface area contributed by atoms with Crippen LogP contribution in [0.1, 0.15) is 29.6 Å². The number of nitrogens with one attached hydrogen (secondary N) is 1. The topological polar surface area (TPSA) is 42.0 Å². The van der Waals surface area contributed by atoms with Gasteiger partial charge in [-0.2, -0.15) is 4.39 Å². The highest BCUT2D eigenvalue weighted by molar-refractivity contribution is 6.30. The van der Waals surface area contributed by atoms with E-state index in [9.17, 15) is 9.18 Å². The lowest BCUT2D eigenvalue weighted by Gasteiger charge is -2.31. The van der Waals surface area contributed by atoms with E-state index in [-0.39, 0.29) is 28.3 Å². The van der Waals surface area contributed by atoms with Gasteiger partial charge in [-0.25, -0.2) is 4.98 Å². The number of alkyl halides is 2. The van der Waals surface area contributed by atoms with Gasteiger partial charge in [0.1, 0.15) is 0 Å². The van der Waals surface area contributed by atoms with Gasteiger partial charge in [-0.1, -0.05) is 0 Å². The zero-order valence-electron chi connectivity index (χ0n) is 9.57. The summed E-state index contributed by atoms with van der Waals surface area (Å²) in [7, 11) is 0. The molecule has 2 rings (SSSR count). The molecule has 6 heteroatoms. The molecule has 3 atom stereocenters. The third kappa shape index (κ3) is 3.12. The molecule has 1 heterocycles. The third-order valence-electron chi connectivity index (χ3n) is 3.03. The van der Waals surface area contributed by atoms with Crippen LogP contribution >= 0.6 is 23.2 Å². The van der Waals surface area contributed by atoms with Crippen LogP contribution in [0, 0.1) is 5.95 Å². The quantitative estimate of drug-likeness (QED) is 0.672. The number of amides is 1. The van der Waals surface area contributed by atoms with Crippen LogP contribution in [0.2, 0.25) is 0 Å². The van der Waals surface area contributed by atoms with Gasteiger partial charge in [-0.05, 0) is 25.3 Å². The predicted molar refractivity (Wildman–Crippen MR) is 68.6 cm³/mol. The molecule has 0 bridgehead atoms. The number of carbonyl (C=O) groups is 1. The lowest BCUT2D eigenvalue weighted by atomic mass is 9.94. The molecule has 1 aliphatic carbocycles. The zero-order chi connectivity index (χ0) is 13.1. The van der Waals surface area contributed by atoms with E-state index < -0.39 is 5.95 Å². The van der Waals surface area contributed by atoms with Crippen LogP contribution in [0.5, 0.6) is 0 Å². The molecule has 0 saturated heterocycles. The number of nitrogens with zero attached hydrogens (tertiary/aromatic N) is 1. The van der Waals surface area contributed by atoms with E-state index in [1.807, 2.05) is 0 Å². The molecule has 1 aliphatic rings. The van der Waals surface area contributed by atoms with Crippen LogP contribution in [0.4, 0.5) is 4.39 Å². The Labute approximate surface area is 115 Å². The summed E-state index contributed by atoms with van der Waals surface area (Å²) in [6, 6.07) is 2.38. The highest BCUT2D eigenvalue weighted by atomic mass is 35.5. The van der Waals surface area contributed by atoms with E-state index in [1.165, 1.54) is 12.3 Å². The van der Waals surface area contributed by atoms with Crippen LogP contribution in [-0.2, 0) is 0 Å². The Kier molecular flexibility index (Phi) is 4.40. The van der Waals surface area contributed by atoms with Crippen molar-refractivity contribution in [3.63, 3.8) is 0 Å². The Morgan fingerprint density at radius 3 is 2.94 bits per heavy atom. The lowest BCUT2D eigenvalue weighted by Crippen LogP contribution is -2.46. The first-order valence-corrected chi connectivity index (χ1v) is 6.66. The Bertz CT molecular complexity index is 444. The van der Waals surface area contributed by atoms with Crippen LogP contribution in [0.15, 0.2) is 18.3 Å². The normalized spacial score (nSPS) is 27.8. The van der Waals surface area contributed by atoms with Crippen molar-refractivity contribution >= 4 is 29.1 Å². The lowest BCUT2D eigenvalue weighted by molar-refractivity contribution is 0.0928. The molecule has 1 N–H and O–H groups in total. The Hall–Kier alpha value is -0.870. The molecule has 0 spiro atoms. The Morgan fingerprint density at radius 2 is 2.22 bits per heavy atom. The molecule has 3 nitrogen and oxygen atoms in total. The van der Waals surface area contributed by atoms with Crippen molar-refractivity contribution in [3.8, 4) is 0 Å². The standard InChI is InChI=1S/C12H13Cl2FN2O/c13-8-2-1-3-9(11(8)14)17-12(18)7-4-5-16-10(15)6-7/h4-6,8-9,11H,1-3H2,(H,17,18)/t8-,9-,11+/m1/s1. The van der Waals surface area contributed by atoms with Crippen LogP contribution in [0.3, 0.4) is 0 Å². The van der Waals surface area contributed by atoms with E-state index in [0.717, 1.165) is 25.3 Å². The molecule has 0 radical (unpaired) electrons. The van der Waals surface area contributed by atoms with Crippen molar-refractivity contribution in [2.45, 2.75) is 36.1 Å². The van der Waals surface area contributed by atoms with Gasteiger partial charge in [0.2, 0.25) is 5.95 Å². The molecule has 1 fully saturated rings. The molecule has 1 aromatic rings. The number of pyridine rings is 1. The summed E-state index contributed by atoms with van der Waals surface area (Å²) in [4.78, 5) is 15.3. The van der Waals surface area contributed by atoms with Gasteiger partial charge in [0.25, 0.3) is 5.91 Å². The van der Waals surface area contributed by atoms with Crippen molar-refractivity contribution in [1.82, 2.24) is 10.3 Å². The van der Waals surface area contributed by atoms with Gasteiger partial charge in [0.05, 0.1) is 10.8 Å². The smallest absolute Gasteiger partial charge is 0.251 e. The minimum atomic E-state index is -0.677.